The highest BCUT2D eigenvalue weighted by atomic mass is 16.3. The summed E-state index contributed by atoms with van der Waals surface area (Å²) in [5, 5.41) is 16.5. The second-order valence-electron chi connectivity index (χ2n) is 5.19. The predicted octanol–water partition coefficient (Wildman–Crippen LogP) is 1.04. The normalized spacial score (nSPS) is 24.3. The summed E-state index contributed by atoms with van der Waals surface area (Å²) in [6.07, 6.45) is 2.42. The van der Waals surface area contributed by atoms with Gasteiger partial charge in [0, 0.05) is 18.3 Å². The lowest BCUT2D eigenvalue weighted by Gasteiger charge is -2.30. The Hall–Kier alpha value is -1.20. The van der Waals surface area contributed by atoms with Crippen molar-refractivity contribution in [2.45, 2.75) is 45.3 Å². The molecule has 1 aromatic rings. The van der Waals surface area contributed by atoms with Crippen LogP contribution < -0.4 is 10.6 Å². The maximum absolute atomic E-state index is 9.96. The fraction of sp³-hybridized carbons (Fsp3) is 0.692. The Morgan fingerprint density at radius 2 is 2.28 bits per heavy atom. The molecule has 3 N–H and O–H groups in total. The molecule has 5 heteroatoms. The molecule has 0 bridgehead atoms. The number of rotatable bonds is 3. The summed E-state index contributed by atoms with van der Waals surface area (Å²) in [5.74, 6) is 1.99. The number of hydrogen-bond donors (Lipinski definition) is 3. The predicted molar refractivity (Wildman–Crippen MR) is 71.8 cm³/mol. The van der Waals surface area contributed by atoms with E-state index in [0.717, 1.165) is 30.2 Å². The van der Waals surface area contributed by atoms with Gasteiger partial charge in [0.15, 0.2) is 0 Å². The van der Waals surface area contributed by atoms with Gasteiger partial charge in [-0.2, -0.15) is 0 Å². The van der Waals surface area contributed by atoms with Gasteiger partial charge in [-0.1, -0.05) is 13.8 Å². The molecule has 0 saturated carbocycles. The van der Waals surface area contributed by atoms with Crippen molar-refractivity contribution in [1.29, 1.82) is 0 Å². The lowest BCUT2D eigenvalue weighted by Crippen LogP contribution is -2.47. The van der Waals surface area contributed by atoms with Crippen LogP contribution in [0.5, 0.6) is 0 Å². The van der Waals surface area contributed by atoms with Gasteiger partial charge in [0.05, 0.1) is 12.1 Å². The molecule has 1 aliphatic rings. The van der Waals surface area contributed by atoms with E-state index in [1.54, 1.807) is 0 Å². The van der Waals surface area contributed by atoms with Crippen molar-refractivity contribution in [1.82, 2.24) is 15.3 Å². The average molecular weight is 250 g/mol. The molecule has 100 valence electrons. The first kappa shape index (κ1) is 13.2. The van der Waals surface area contributed by atoms with Crippen LogP contribution in [0.15, 0.2) is 6.20 Å². The Morgan fingerprint density at radius 3 is 2.94 bits per heavy atom. The monoisotopic (exact) mass is 250 g/mol. The molecule has 2 atom stereocenters. The van der Waals surface area contributed by atoms with Gasteiger partial charge in [-0.05, 0) is 25.8 Å². The molecule has 1 fully saturated rings. The molecule has 0 aliphatic carbocycles. The highest BCUT2D eigenvalue weighted by Crippen LogP contribution is 2.23. The zero-order chi connectivity index (χ0) is 13.1. The van der Waals surface area contributed by atoms with Crippen molar-refractivity contribution < 1.29 is 5.11 Å². The van der Waals surface area contributed by atoms with Gasteiger partial charge in [-0.25, -0.2) is 9.97 Å². The van der Waals surface area contributed by atoms with E-state index in [-0.39, 0.29) is 12.1 Å². The summed E-state index contributed by atoms with van der Waals surface area (Å²) in [5.41, 5.74) is 1.10. The van der Waals surface area contributed by atoms with Crippen LogP contribution in [-0.4, -0.2) is 40.3 Å². The van der Waals surface area contributed by atoms with Crippen molar-refractivity contribution >= 4 is 5.82 Å². The van der Waals surface area contributed by atoms with Crippen LogP contribution in [0, 0.1) is 6.92 Å². The topological polar surface area (TPSA) is 70.1 Å². The number of aryl methyl sites for hydroxylation is 1. The van der Waals surface area contributed by atoms with E-state index in [0.29, 0.717) is 12.5 Å². The van der Waals surface area contributed by atoms with Crippen molar-refractivity contribution in [2.75, 3.05) is 18.4 Å². The summed E-state index contributed by atoms with van der Waals surface area (Å²) in [6.45, 7) is 7.69. The largest absolute Gasteiger partial charge is 0.390 e. The zero-order valence-electron chi connectivity index (χ0n) is 11.3. The standard InChI is InChI=1S/C13H22N4O/c1-8(2)10-6-15-9(3)16-13(10)17-11-4-5-14-7-12(11)18/h6,8,11-12,14,18H,4-5,7H2,1-3H3,(H,15,16,17)/t11-,12-/m1/s1. The molecule has 2 heterocycles. The minimum atomic E-state index is -0.367. The minimum Gasteiger partial charge on any atom is -0.390 e. The maximum Gasteiger partial charge on any atom is 0.133 e. The minimum absolute atomic E-state index is 0.0676. The molecule has 0 spiro atoms. The van der Waals surface area contributed by atoms with E-state index in [1.165, 1.54) is 0 Å². The third-order valence-electron chi connectivity index (χ3n) is 3.33. The van der Waals surface area contributed by atoms with Crippen LogP contribution >= 0.6 is 0 Å². The number of aliphatic hydroxyl groups excluding tert-OH is 1. The summed E-state index contributed by atoms with van der Waals surface area (Å²) >= 11 is 0. The van der Waals surface area contributed by atoms with Crippen molar-refractivity contribution in [2.24, 2.45) is 0 Å². The Balaban J connectivity index is 2.18. The fourth-order valence-electron chi connectivity index (χ4n) is 2.20. The first-order valence-corrected chi connectivity index (χ1v) is 6.56. The van der Waals surface area contributed by atoms with Crippen LogP contribution in [-0.2, 0) is 0 Å². The molecular formula is C13H22N4O. The van der Waals surface area contributed by atoms with Crippen molar-refractivity contribution in [3.05, 3.63) is 17.6 Å². The highest BCUT2D eigenvalue weighted by Gasteiger charge is 2.24. The van der Waals surface area contributed by atoms with Gasteiger partial charge in [-0.3, -0.25) is 0 Å². The van der Waals surface area contributed by atoms with Gasteiger partial charge in [0.25, 0.3) is 0 Å². The first-order chi connectivity index (χ1) is 8.58. The Kier molecular flexibility index (Phi) is 4.14. The molecular weight excluding hydrogens is 228 g/mol. The van der Waals surface area contributed by atoms with Gasteiger partial charge < -0.3 is 15.7 Å². The van der Waals surface area contributed by atoms with E-state index in [9.17, 15) is 5.11 Å². The van der Waals surface area contributed by atoms with Gasteiger partial charge >= 0.3 is 0 Å². The number of aliphatic hydroxyl groups is 1. The van der Waals surface area contributed by atoms with E-state index in [1.807, 2.05) is 13.1 Å². The first-order valence-electron chi connectivity index (χ1n) is 6.56. The second-order valence-corrected chi connectivity index (χ2v) is 5.19. The molecule has 1 aliphatic heterocycles. The molecule has 5 nitrogen and oxygen atoms in total. The Morgan fingerprint density at radius 1 is 1.50 bits per heavy atom. The molecule has 2 rings (SSSR count). The number of aromatic nitrogens is 2. The Bertz CT molecular complexity index is 408. The van der Waals surface area contributed by atoms with Crippen LogP contribution in [0.2, 0.25) is 0 Å². The lowest BCUT2D eigenvalue weighted by atomic mass is 10.0. The van der Waals surface area contributed by atoms with Crippen LogP contribution in [0.25, 0.3) is 0 Å². The number of hydrogen-bond acceptors (Lipinski definition) is 5. The number of piperidine rings is 1. The summed E-state index contributed by atoms with van der Waals surface area (Å²) in [4.78, 5) is 8.72. The van der Waals surface area contributed by atoms with E-state index < -0.39 is 0 Å². The van der Waals surface area contributed by atoms with Crippen molar-refractivity contribution in [3.8, 4) is 0 Å². The van der Waals surface area contributed by atoms with E-state index >= 15 is 0 Å². The summed E-state index contributed by atoms with van der Waals surface area (Å²) in [6, 6.07) is 0.0676. The van der Waals surface area contributed by atoms with E-state index in [2.05, 4.69) is 34.4 Å². The molecule has 1 aromatic heterocycles. The summed E-state index contributed by atoms with van der Waals surface area (Å²) < 4.78 is 0. The maximum atomic E-state index is 9.96. The number of nitrogens with one attached hydrogen (secondary N) is 2. The molecule has 1 saturated heterocycles. The highest BCUT2D eigenvalue weighted by molar-refractivity contribution is 5.46. The number of anilines is 1. The smallest absolute Gasteiger partial charge is 0.133 e. The van der Waals surface area contributed by atoms with Gasteiger partial charge in [-0.15, -0.1) is 0 Å². The molecule has 18 heavy (non-hydrogen) atoms. The van der Waals surface area contributed by atoms with E-state index in [4.69, 9.17) is 0 Å². The van der Waals surface area contributed by atoms with Crippen molar-refractivity contribution in [3.63, 3.8) is 0 Å². The van der Waals surface area contributed by atoms with Crippen LogP contribution in [0.1, 0.15) is 37.6 Å². The molecule has 0 amide bonds. The van der Waals surface area contributed by atoms with Gasteiger partial charge in [0.2, 0.25) is 0 Å². The SMILES string of the molecule is Cc1ncc(C(C)C)c(N[C@@H]2CCNC[C@H]2O)n1. The third-order valence-corrected chi connectivity index (χ3v) is 3.33. The van der Waals surface area contributed by atoms with Gasteiger partial charge in [0.1, 0.15) is 11.6 Å². The number of nitrogens with zero attached hydrogens (tertiary/aromatic N) is 2. The quantitative estimate of drug-likeness (QED) is 0.748. The summed E-state index contributed by atoms with van der Waals surface area (Å²) in [7, 11) is 0. The lowest BCUT2D eigenvalue weighted by molar-refractivity contribution is 0.128. The van der Waals surface area contributed by atoms with Crippen LogP contribution in [0.4, 0.5) is 5.82 Å². The third kappa shape index (κ3) is 2.97. The molecule has 0 unspecified atom stereocenters. The Labute approximate surface area is 108 Å². The number of β-amino-alcohol motifs (C(OH)–C–C–N with tert-alkyl or cyclic N) is 1. The molecule has 0 radical (unpaired) electrons. The zero-order valence-corrected chi connectivity index (χ0v) is 11.3. The van der Waals surface area contributed by atoms with Crippen LogP contribution in [0.3, 0.4) is 0 Å². The fourth-order valence-corrected chi connectivity index (χ4v) is 2.20. The average Bonchev–Trinajstić information content (AvgIpc) is 2.32. The second kappa shape index (κ2) is 5.63. The molecule has 0 aromatic carbocycles.